The van der Waals surface area contributed by atoms with Gasteiger partial charge in [-0.2, -0.15) is 0 Å². The molecule has 1 atom stereocenters. The minimum Gasteiger partial charge on any atom is -0.480 e. The molecule has 0 aliphatic rings. The number of carbonyl (C=O) groups is 1. The third-order valence-electron chi connectivity index (χ3n) is 1.63. The molecule has 6 nitrogen and oxygen atoms in total. The van der Waals surface area contributed by atoms with Crippen molar-refractivity contribution in [1.29, 1.82) is 0 Å². The van der Waals surface area contributed by atoms with Gasteiger partial charge in [0.25, 0.3) is 0 Å². The van der Waals surface area contributed by atoms with E-state index in [1.54, 1.807) is 7.05 Å². The topological polar surface area (TPSA) is 94.0 Å². The van der Waals surface area contributed by atoms with Gasteiger partial charge in [-0.15, -0.1) is 5.10 Å². The lowest BCUT2D eigenvalue weighted by molar-refractivity contribution is -0.138. The first-order chi connectivity index (χ1) is 6.02. The first-order valence-corrected chi connectivity index (χ1v) is 4.34. The molecular formula is C6H9BrN4O2. The molecule has 3 N–H and O–H groups in total. The number of rotatable bonds is 3. The molecule has 0 aliphatic heterocycles. The average molecular weight is 249 g/mol. The lowest BCUT2D eigenvalue weighted by atomic mass is 10.2. The van der Waals surface area contributed by atoms with Gasteiger partial charge >= 0.3 is 5.97 Å². The zero-order chi connectivity index (χ0) is 10.0. The number of carboxylic acids is 1. The quantitative estimate of drug-likeness (QED) is 0.755. The molecule has 0 aromatic carbocycles. The maximum Gasteiger partial charge on any atom is 0.320 e. The lowest BCUT2D eigenvalue weighted by Crippen LogP contribution is -2.33. The highest BCUT2D eigenvalue weighted by molar-refractivity contribution is 9.10. The van der Waals surface area contributed by atoms with Crippen LogP contribution in [0, 0.1) is 0 Å². The Balaban J connectivity index is 2.79. The molecule has 1 aromatic rings. The standard InChI is InChI=1S/C6H9BrN4O2/c1-11-4(5(7)9-10-11)2-3(8)6(12)13/h3H,2,8H2,1H3,(H,12,13)/t3-/m0/s1. The SMILES string of the molecule is Cn1nnc(Br)c1C[C@H](N)C(=O)O. The summed E-state index contributed by atoms with van der Waals surface area (Å²) in [5.41, 5.74) is 6.03. The van der Waals surface area contributed by atoms with E-state index >= 15 is 0 Å². The molecule has 1 aromatic heterocycles. The molecule has 13 heavy (non-hydrogen) atoms. The molecule has 0 fully saturated rings. The first-order valence-electron chi connectivity index (χ1n) is 3.54. The molecule has 0 bridgehead atoms. The van der Waals surface area contributed by atoms with Gasteiger partial charge < -0.3 is 10.8 Å². The average Bonchev–Trinajstić information content (AvgIpc) is 2.35. The summed E-state index contributed by atoms with van der Waals surface area (Å²) in [5, 5.41) is 16.0. The molecule has 1 rings (SSSR count). The summed E-state index contributed by atoms with van der Waals surface area (Å²) in [4.78, 5) is 10.5. The van der Waals surface area contributed by atoms with E-state index in [2.05, 4.69) is 26.2 Å². The second kappa shape index (κ2) is 3.84. The van der Waals surface area contributed by atoms with E-state index < -0.39 is 12.0 Å². The van der Waals surface area contributed by atoms with Crippen molar-refractivity contribution in [2.45, 2.75) is 12.5 Å². The van der Waals surface area contributed by atoms with Crippen LogP contribution < -0.4 is 5.73 Å². The molecule has 0 spiro atoms. The zero-order valence-corrected chi connectivity index (χ0v) is 8.52. The molecule has 0 amide bonds. The van der Waals surface area contributed by atoms with E-state index in [-0.39, 0.29) is 6.42 Å². The Bertz CT molecular complexity index is 305. The van der Waals surface area contributed by atoms with Crippen LogP contribution in [0.3, 0.4) is 0 Å². The fourth-order valence-electron chi connectivity index (χ4n) is 0.864. The van der Waals surface area contributed by atoms with Gasteiger partial charge in [0.1, 0.15) is 6.04 Å². The van der Waals surface area contributed by atoms with Gasteiger partial charge in [0.05, 0.1) is 5.69 Å². The Morgan fingerprint density at radius 1 is 1.85 bits per heavy atom. The van der Waals surface area contributed by atoms with E-state index in [0.717, 1.165) is 0 Å². The van der Waals surface area contributed by atoms with Crippen LogP contribution in [-0.4, -0.2) is 32.1 Å². The largest absolute Gasteiger partial charge is 0.480 e. The van der Waals surface area contributed by atoms with Crippen molar-refractivity contribution < 1.29 is 9.90 Å². The molecule has 72 valence electrons. The van der Waals surface area contributed by atoms with Gasteiger partial charge in [-0.25, -0.2) is 0 Å². The molecule has 1 heterocycles. The molecule has 0 saturated carbocycles. The van der Waals surface area contributed by atoms with Crippen molar-refractivity contribution in [1.82, 2.24) is 15.0 Å². The summed E-state index contributed by atoms with van der Waals surface area (Å²) in [6, 6.07) is -0.923. The van der Waals surface area contributed by atoms with Gasteiger partial charge in [0.2, 0.25) is 0 Å². The third kappa shape index (κ3) is 2.25. The molecular weight excluding hydrogens is 240 g/mol. The summed E-state index contributed by atoms with van der Waals surface area (Å²) in [5.74, 6) is -1.03. The maximum atomic E-state index is 10.5. The van der Waals surface area contributed by atoms with Gasteiger partial charge in [0, 0.05) is 13.5 Å². The number of nitrogens with two attached hydrogens (primary N) is 1. The summed E-state index contributed by atoms with van der Waals surface area (Å²) in [7, 11) is 1.68. The second-order valence-corrected chi connectivity index (χ2v) is 3.35. The Morgan fingerprint density at radius 2 is 2.46 bits per heavy atom. The fourth-order valence-corrected chi connectivity index (χ4v) is 1.35. The number of hydrogen-bond acceptors (Lipinski definition) is 4. The Hall–Kier alpha value is -0.950. The van der Waals surface area contributed by atoms with Crippen LogP contribution >= 0.6 is 15.9 Å². The van der Waals surface area contributed by atoms with Crippen LogP contribution in [0.5, 0.6) is 0 Å². The third-order valence-corrected chi connectivity index (χ3v) is 2.24. The normalized spacial score (nSPS) is 12.8. The van der Waals surface area contributed by atoms with E-state index in [1.165, 1.54) is 4.68 Å². The van der Waals surface area contributed by atoms with E-state index in [4.69, 9.17) is 10.8 Å². The zero-order valence-electron chi connectivity index (χ0n) is 6.94. The summed E-state index contributed by atoms with van der Waals surface area (Å²) in [6.07, 6.45) is 0.208. The van der Waals surface area contributed by atoms with E-state index in [1.807, 2.05) is 0 Å². The number of aliphatic carboxylic acids is 1. The highest BCUT2D eigenvalue weighted by Crippen LogP contribution is 2.13. The minimum atomic E-state index is -1.03. The summed E-state index contributed by atoms with van der Waals surface area (Å²) in [6.45, 7) is 0. The molecule has 7 heteroatoms. The van der Waals surface area contributed by atoms with Crippen molar-refractivity contribution >= 4 is 21.9 Å². The predicted octanol–water partition coefficient (Wildman–Crippen LogP) is -0.468. The number of hydrogen-bond donors (Lipinski definition) is 2. The van der Waals surface area contributed by atoms with Crippen molar-refractivity contribution in [3.05, 3.63) is 10.3 Å². The van der Waals surface area contributed by atoms with Crippen LogP contribution in [0.25, 0.3) is 0 Å². The van der Waals surface area contributed by atoms with Crippen LogP contribution in [0.2, 0.25) is 0 Å². The van der Waals surface area contributed by atoms with Gasteiger partial charge in [-0.1, -0.05) is 5.21 Å². The Kier molecular flexibility index (Phi) is 2.99. The number of halogens is 1. The second-order valence-electron chi connectivity index (χ2n) is 2.60. The minimum absolute atomic E-state index is 0.208. The first kappa shape index (κ1) is 10.1. The molecule has 0 aliphatic carbocycles. The summed E-state index contributed by atoms with van der Waals surface area (Å²) >= 11 is 3.15. The summed E-state index contributed by atoms with van der Waals surface area (Å²) < 4.78 is 2.03. The Labute approximate surface area is 82.8 Å². The number of carboxylic acid groups (broad SMARTS) is 1. The molecule has 0 unspecified atom stereocenters. The smallest absolute Gasteiger partial charge is 0.320 e. The lowest BCUT2D eigenvalue weighted by Gasteiger charge is -2.05. The van der Waals surface area contributed by atoms with Gasteiger partial charge in [-0.05, 0) is 15.9 Å². The predicted molar refractivity (Wildman–Crippen MR) is 48.0 cm³/mol. The maximum absolute atomic E-state index is 10.5. The van der Waals surface area contributed by atoms with Gasteiger partial charge in [-0.3, -0.25) is 9.48 Å². The van der Waals surface area contributed by atoms with Gasteiger partial charge in [0.15, 0.2) is 4.60 Å². The van der Waals surface area contributed by atoms with Crippen LogP contribution in [0.15, 0.2) is 4.60 Å². The Morgan fingerprint density at radius 3 is 2.85 bits per heavy atom. The van der Waals surface area contributed by atoms with Crippen molar-refractivity contribution in [3.63, 3.8) is 0 Å². The molecule has 0 saturated heterocycles. The van der Waals surface area contributed by atoms with Crippen molar-refractivity contribution in [2.75, 3.05) is 0 Å². The van der Waals surface area contributed by atoms with Crippen LogP contribution in [0.1, 0.15) is 5.69 Å². The highest BCUT2D eigenvalue weighted by atomic mass is 79.9. The highest BCUT2D eigenvalue weighted by Gasteiger charge is 2.17. The number of aromatic nitrogens is 3. The number of aryl methyl sites for hydroxylation is 1. The fraction of sp³-hybridized carbons (Fsp3) is 0.500. The van der Waals surface area contributed by atoms with Crippen LogP contribution in [0.4, 0.5) is 0 Å². The van der Waals surface area contributed by atoms with Crippen molar-refractivity contribution in [2.24, 2.45) is 12.8 Å². The number of nitrogens with zero attached hydrogens (tertiary/aromatic N) is 3. The van der Waals surface area contributed by atoms with Crippen LogP contribution in [-0.2, 0) is 18.3 Å². The van der Waals surface area contributed by atoms with E-state index in [0.29, 0.717) is 10.3 Å². The molecule has 0 radical (unpaired) electrons. The van der Waals surface area contributed by atoms with E-state index in [9.17, 15) is 4.79 Å². The van der Waals surface area contributed by atoms with Crippen molar-refractivity contribution in [3.8, 4) is 0 Å². The monoisotopic (exact) mass is 248 g/mol.